The second kappa shape index (κ2) is 4.58. The lowest BCUT2D eigenvalue weighted by Crippen LogP contribution is -2.35. The van der Waals surface area contributed by atoms with E-state index >= 15 is 0 Å². The number of benzene rings is 1. The zero-order valence-corrected chi connectivity index (χ0v) is 9.03. The summed E-state index contributed by atoms with van der Waals surface area (Å²) >= 11 is 0. The predicted octanol–water partition coefficient (Wildman–Crippen LogP) is 2.52. The van der Waals surface area contributed by atoms with E-state index in [9.17, 15) is 5.11 Å². The van der Waals surface area contributed by atoms with E-state index in [0.717, 1.165) is 5.56 Å². The molecule has 2 heteroatoms. The lowest BCUT2D eigenvalue weighted by molar-refractivity contribution is -0.237. The molecule has 1 aromatic carbocycles. The Bertz CT molecular complexity index is 269. The minimum absolute atomic E-state index is 0.0323. The molecule has 0 fully saturated rings. The van der Waals surface area contributed by atoms with Gasteiger partial charge >= 0.3 is 0 Å². The van der Waals surface area contributed by atoms with Crippen molar-refractivity contribution in [3.8, 4) is 0 Å². The molecule has 14 heavy (non-hydrogen) atoms. The van der Waals surface area contributed by atoms with Crippen molar-refractivity contribution in [2.24, 2.45) is 5.92 Å². The topological polar surface area (TPSA) is 29.5 Å². The summed E-state index contributed by atoms with van der Waals surface area (Å²) in [6.07, 6.45) is 0. The van der Waals surface area contributed by atoms with Crippen molar-refractivity contribution in [2.75, 3.05) is 6.61 Å². The van der Waals surface area contributed by atoms with Gasteiger partial charge in [-0.05, 0) is 6.92 Å². The summed E-state index contributed by atoms with van der Waals surface area (Å²) in [4.78, 5) is 0. The molecule has 0 heterocycles. The summed E-state index contributed by atoms with van der Waals surface area (Å²) in [6.45, 7) is 6.28. The van der Waals surface area contributed by atoms with Gasteiger partial charge in [-0.1, -0.05) is 44.2 Å². The van der Waals surface area contributed by atoms with Crippen LogP contribution in [-0.2, 0) is 10.5 Å². The molecular formula is C12H18O2. The van der Waals surface area contributed by atoms with Crippen LogP contribution in [0.3, 0.4) is 0 Å². The van der Waals surface area contributed by atoms with E-state index in [2.05, 4.69) is 0 Å². The summed E-state index contributed by atoms with van der Waals surface area (Å²) in [5.41, 5.74) is 0.817. The maximum Gasteiger partial charge on any atom is 0.194 e. The minimum Gasteiger partial charge on any atom is -0.362 e. The summed E-state index contributed by atoms with van der Waals surface area (Å²) < 4.78 is 5.43. The van der Waals surface area contributed by atoms with Crippen molar-refractivity contribution in [3.63, 3.8) is 0 Å². The first-order chi connectivity index (χ1) is 6.61. The molecular weight excluding hydrogens is 176 g/mol. The Labute approximate surface area is 85.5 Å². The number of rotatable bonds is 4. The molecule has 0 radical (unpaired) electrons. The molecule has 2 nitrogen and oxygen atoms in total. The smallest absolute Gasteiger partial charge is 0.194 e. The Balaban J connectivity index is 2.99. The van der Waals surface area contributed by atoms with Gasteiger partial charge in [0.05, 0.1) is 0 Å². The zero-order chi connectivity index (χ0) is 10.6. The lowest BCUT2D eigenvalue weighted by Gasteiger charge is -2.32. The summed E-state index contributed by atoms with van der Waals surface area (Å²) in [6, 6.07) is 9.50. The fraction of sp³-hybridized carbons (Fsp3) is 0.500. The molecule has 0 aliphatic heterocycles. The van der Waals surface area contributed by atoms with Gasteiger partial charge in [0.1, 0.15) is 0 Å². The van der Waals surface area contributed by atoms with Gasteiger partial charge in [-0.3, -0.25) is 0 Å². The Kier molecular flexibility index (Phi) is 3.67. The molecule has 0 aromatic heterocycles. The van der Waals surface area contributed by atoms with Crippen molar-refractivity contribution in [1.82, 2.24) is 0 Å². The average molecular weight is 194 g/mol. The Morgan fingerprint density at radius 1 is 1.29 bits per heavy atom. The van der Waals surface area contributed by atoms with Gasteiger partial charge in [-0.25, -0.2) is 0 Å². The van der Waals surface area contributed by atoms with Gasteiger partial charge in [0.15, 0.2) is 5.79 Å². The van der Waals surface area contributed by atoms with Crippen molar-refractivity contribution < 1.29 is 9.84 Å². The highest BCUT2D eigenvalue weighted by Gasteiger charge is 2.33. The summed E-state index contributed by atoms with van der Waals surface area (Å²) in [5, 5.41) is 10.3. The number of hydrogen-bond acceptors (Lipinski definition) is 2. The van der Waals surface area contributed by atoms with Crippen LogP contribution in [0.25, 0.3) is 0 Å². The Morgan fingerprint density at radius 3 is 2.29 bits per heavy atom. The Morgan fingerprint density at radius 2 is 1.86 bits per heavy atom. The van der Waals surface area contributed by atoms with Crippen LogP contribution >= 0.6 is 0 Å². The quantitative estimate of drug-likeness (QED) is 0.746. The van der Waals surface area contributed by atoms with Gasteiger partial charge < -0.3 is 9.84 Å². The first-order valence-electron chi connectivity index (χ1n) is 5.03. The average Bonchev–Trinajstić information content (AvgIpc) is 2.19. The molecule has 1 atom stereocenters. The second-order valence-electron chi connectivity index (χ2n) is 3.65. The van der Waals surface area contributed by atoms with Crippen LogP contribution in [0.2, 0.25) is 0 Å². The molecule has 1 aromatic rings. The monoisotopic (exact) mass is 194 g/mol. The fourth-order valence-electron chi connectivity index (χ4n) is 1.48. The van der Waals surface area contributed by atoms with Crippen LogP contribution in [0, 0.1) is 5.92 Å². The maximum atomic E-state index is 10.3. The summed E-state index contributed by atoms with van der Waals surface area (Å²) in [5.74, 6) is -1.12. The van der Waals surface area contributed by atoms with E-state index in [-0.39, 0.29) is 5.92 Å². The normalized spacial score (nSPS) is 15.5. The highest BCUT2D eigenvalue weighted by atomic mass is 16.6. The van der Waals surface area contributed by atoms with E-state index in [1.165, 1.54) is 0 Å². The highest BCUT2D eigenvalue weighted by Crippen LogP contribution is 2.30. The molecule has 0 saturated heterocycles. The SMILES string of the molecule is CCOC(O)(c1ccccc1)C(C)C. The van der Waals surface area contributed by atoms with Crippen molar-refractivity contribution >= 4 is 0 Å². The van der Waals surface area contributed by atoms with Crippen LogP contribution in [0.5, 0.6) is 0 Å². The molecule has 0 aliphatic rings. The van der Waals surface area contributed by atoms with Crippen LogP contribution in [0.1, 0.15) is 26.3 Å². The van der Waals surface area contributed by atoms with Crippen molar-refractivity contribution in [2.45, 2.75) is 26.6 Å². The van der Waals surface area contributed by atoms with Crippen molar-refractivity contribution in [3.05, 3.63) is 35.9 Å². The van der Waals surface area contributed by atoms with E-state index in [4.69, 9.17) is 4.74 Å². The Hall–Kier alpha value is -0.860. The lowest BCUT2D eigenvalue weighted by atomic mass is 9.94. The maximum absolute atomic E-state index is 10.3. The van der Waals surface area contributed by atoms with Gasteiger partial charge in [0.25, 0.3) is 0 Å². The first kappa shape index (κ1) is 11.2. The standard InChI is InChI=1S/C12H18O2/c1-4-14-12(13,10(2)3)11-8-6-5-7-9-11/h5-10,13H,4H2,1-3H3. The predicted molar refractivity (Wildman–Crippen MR) is 56.8 cm³/mol. The van der Waals surface area contributed by atoms with E-state index in [0.29, 0.717) is 6.61 Å². The highest BCUT2D eigenvalue weighted by molar-refractivity contribution is 5.20. The molecule has 0 aliphatic carbocycles. The van der Waals surface area contributed by atoms with E-state index in [1.807, 2.05) is 51.1 Å². The van der Waals surface area contributed by atoms with Gasteiger partial charge in [-0.2, -0.15) is 0 Å². The van der Waals surface area contributed by atoms with E-state index < -0.39 is 5.79 Å². The second-order valence-corrected chi connectivity index (χ2v) is 3.65. The molecule has 0 saturated carbocycles. The summed E-state index contributed by atoms with van der Waals surface area (Å²) in [7, 11) is 0. The molecule has 1 unspecified atom stereocenters. The van der Waals surface area contributed by atoms with Crippen LogP contribution in [-0.4, -0.2) is 11.7 Å². The van der Waals surface area contributed by atoms with Crippen molar-refractivity contribution in [1.29, 1.82) is 0 Å². The van der Waals surface area contributed by atoms with E-state index in [1.54, 1.807) is 0 Å². The minimum atomic E-state index is -1.16. The zero-order valence-electron chi connectivity index (χ0n) is 9.03. The van der Waals surface area contributed by atoms with Gasteiger partial charge in [0, 0.05) is 18.1 Å². The molecule has 0 bridgehead atoms. The van der Waals surface area contributed by atoms with Crippen LogP contribution < -0.4 is 0 Å². The van der Waals surface area contributed by atoms with Gasteiger partial charge in [-0.15, -0.1) is 0 Å². The molecule has 0 amide bonds. The third-order valence-corrected chi connectivity index (χ3v) is 2.33. The molecule has 0 spiro atoms. The molecule has 78 valence electrons. The number of hydrogen-bond donors (Lipinski definition) is 1. The largest absolute Gasteiger partial charge is 0.362 e. The number of aliphatic hydroxyl groups is 1. The molecule has 1 rings (SSSR count). The van der Waals surface area contributed by atoms with Crippen LogP contribution in [0.4, 0.5) is 0 Å². The third kappa shape index (κ3) is 2.14. The van der Waals surface area contributed by atoms with Crippen LogP contribution in [0.15, 0.2) is 30.3 Å². The fourth-order valence-corrected chi connectivity index (χ4v) is 1.48. The molecule has 1 N–H and O–H groups in total. The van der Waals surface area contributed by atoms with Gasteiger partial charge in [0.2, 0.25) is 0 Å². The number of ether oxygens (including phenoxy) is 1. The third-order valence-electron chi connectivity index (χ3n) is 2.33. The first-order valence-corrected chi connectivity index (χ1v) is 5.03.